The molecule has 3 heterocycles. The molecular formula is C19H20N2O2S. The first kappa shape index (κ1) is 15.4. The molecule has 0 unspecified atom stereocenters. The number of nitrogens with zero attached hydrogens (tertiary/aromatic N) is 2. The first-order chi connectivity index (χ1) is 11.6. The van der Waals surface area contributed by atoms with Crippen LogP contribution in [0.5, 0.6) is 5.75 Å². The number of thiophene rings is 1. The molecule has 4 nitrogen and oxygen atoms in total. The Morgan fingerprint density at radius 1 is 1.21 bits per heavy atom. The van der Waals surface area contributed by atoms with E-state index in [4.69, 9.17) is 9.72 Å². The molecule has 1 aliphatic rings. The quantitative estimate of drug-likeness (QED) is 0.697. The van der Waals surface area contributed by atoms with E-state index in [1.54, 1.807) is 7.11 Å². The number of hydrogen-bond acceptors (Lipinski definition) is 4. The number of carbonyl (C=O) groups excluding carboxylic acids is 1. The van der Waals surface area contributed by atoms with Crippen molar-refractivity contribution in [1.29, 1.82) is 0 Å². The number of benzene rings is 1. The summed E-state index contributed by atoms with van der Waals surface area (Å²) in [7, 11) is 1.66. The molecule has 124 valence electrons. The molecule has 0 spiro atoms. The summed E-state index contributed by atoms with van der Waals surface area (Å²) in [6, 6.07) is 9.92. The van der Waals surface area contributed by atoms with Crippen molar-refractivity contribution in [1.82, 2.24) is 9.88 Å². The third-order valence-corrected chi connectivity index (χ3v) is 5.82. The molecule has 0 radical (unpaired) electrons. The van der Waals surface area contributed by atoms with Gasteiger partial charge in [-0.3, -0.25) is 4.79 Å². The number of carbonyl (C=O) groups is 1. The van der Waals surface area contributed by atoms with Crippen molar-refractivity contribution in [2.75, 3.05) is 20.2 Å². The molecule has 24 heavy (non-hydrogen) atoms. The van der Waals surface area contributed by atoms with Crippen LogP contribution < -0.4 is 4.74 Å². The smallest absolute Gasteiger partial charge is 0.264 e. The number of aromatic nitrogens is 1. The van der Waals surface area contributed by atoms with Gasteiger partial charge in [0.05, 0.1) is 17.5 Å². The van der Waals surface area contributed by atoms with Gasteiger partial charge in [-0.05, 0) is 49.1 Å². The van der Waals surface area contributed by atoms with Gasteiger partial charge in [-0.15, -0.1) is 11.3 Å². The van der Waals surface area contributed by atoms with Crippen LogP contribution in [0.2, 0.25) is 0 Å². The number of likely N-dealkylation sites (tertiary alicyclic amines) is 1. The third-order valence-electron chi connectivity index (χ3n) is 4.79. The lowest BCUT2D eigenvalue weighted by molar-refractivity contribution is 0.0702. The number of rotatable bonds is 2. The molecule has 5 heteroatoms. The maximum absolute atomic E-state index is 12.8. The van der Waals surface area contributed by atoms with E-state index >= 15 is 0 Å². The van der Waals surface area contributed by atoms with Crippen molar-refractivity contribution >= 4 is 38.4 Å². The number of methoxy groups -OCH3 is 1. The van der Waals surface area contributed by atoms with Crippen LogP contribution in [-0.4, -0.2) is 36.0 Å². The van der Waals surface area contributed by atoms with Gasteiger partial charge in [-0.2, -0.15) is 0 Å². The highest BCUT2D eigenvalue weighted by Crippen LogP contribution is 2.30. The lowest BCUT2D eigenvalue weighted by Gasteiger charge is -2.29. The Morgan fingerprint density at radius 2 is 2.00 bits per heavy atom. The van der Waals surface area contributed by atoms with Crippen LogP contribution in [0.25, 0.3) is 21.1 Å². The lowest BCUT2D eigenvalue weighted by atomic mass is 9.99. The van der Waals surface area contributed by atoms with Crippen molar-refractivity contribution in [2.24, 2.45) is 5.92 Å². The Labute approximate surface area is 145 Å². The molecule has 1 fully saturated rings. The Bertz CT molecular complexity index is 910. The summed E-state index contributed by atoms with van der Waals surface area (Å²) in [6.07, 6.45) is 2.19. The second kappa shape index (κ2) is 6.06. The predicted molar refractivity (Wildman–Crippen MR) is 98.0 cm³/mol. The number of ether oxygens (including phenoxy) is 1. The summed E-state index contributed by atoms with van der Waals surface area (Å²) in [5.41, 5.74) is 0.927. The number of piperidine rings is 1. The second-order valence-corrected chi connectivity index (χ2v) is 7.56. The highest BCUT2D eigenvalue weighted by Gasteiger charge is 2.23. The predicted octanol–water partition coefficient (Wildman–Crippen LogP) is 4.33. The highest BCUT2D eigenvalue weighted by atomic mass is 32.1. The number of pyridine rings is 1. The zero-order valence-electron chi connectivity index (χ0n) is 13.9. The highest BCUT2D eigenvalue weighted by molar-refractivity contribution is 7.20. The van der Waals surface area contributed by atoms with Crippen molar-refractivity contribution < 1.29 is 9.53 Å². The van der Waals surface area contributed by atoms with E-state index in [0.717, 1.165) is 63.6 Å². The molecule has 2 aromatic heterocycles. The maximum atomic E-state index is 12.8. The van der Waals surface area contributed by atoms with E-state index in [9.17, 15) is 4.79 Å². The van der Waals surface area contributed by atoms with Crippen LogP contribution >= 0.6 is 11.3 Å². The molecule has 0 aliphatic carbocycles. The maximum Gasteiger partial charge on any atom is 0.264 e. The van der Waals surface area contributed by atoms with E-state index in [1.807, 2.05) is 29.2 Å². The Kier molecular flexibility index (Phi) is 3.88. The van der Waals surface area contributed by atoms with Gasteiger partial charge in [0.1, 0.15) is 10.6 Å². The van der Waals surface area contributed by atoms with Crippen LogP contribution in [-0.2, 0) is 0 Å². The molecule has 1 aliphatic heterocycles. The van der Waals surface area contributed by atoms with Gasteiger partial charge in [0.15, 0.2) is 0 Å². The molecule has 1 amide bonds. The van der Waals surface area contributed by atoms with Crippen LogP contribution in [0.1, 0.15) is 29.4 Å². The van der Waals surface area contributed by atoms with Crippen LogP contribution in [0.4, 0.5) is 0 Å². The summed E-state index contributed by atoms with van der Waals surface area (Å²) >= 11 is 1.49. The fourth-order valence-electron chi connectivity index (χ4n) is 3.21. The van der Waals surface area contributed by atoms with Crippen molar-refractivity contribution in [3.05, 3.63) is 35.2 Å². The topological polar surface area (TPSA) is 42.4 Å². The standard InChI is InChI=1S/C19H20N2O2S/c1-12-5-7-21(8-6-12)19(22)17-11-14-9-13-10-15(23-2)3-4-16(13)20-18(14)24-17/h3-4,9-12H,5-8H2,1-2H3. The van der Waals surface area contributed by atoms with E-state index in [1.165, 1.54) is 11.3 Å². The largest absolute Gasteiger partial charge is 0.497 e. The molecule has 1 saturated heterocycles. The summed E-state index contributed by atoms with van der Waals surface area (Å²) in [5.74, 6) is 1.68. The Hall–Kier alpha value is -2.14. The molecule has 0 N–H and O–H groups in total. The fraction of sp³-hybridized carbons (Fsp3) is 0.368. The average Bonchev–Trinajstić information content (AvgIpc) is 3.02. The first-order valence-corrected chi connectivity index (χ1v) is 9.13. The van der Waals surface area contributed by atoms with Crippen LogP contribution in [0.15, 0.2) is 30.3 Å². The van der Waals surface area contributed by atoms with Crippen molar-refractivity contribution in [3.8, 4) is 5.75 Å². The van der Waals surface area contributed by atoms with Gasteiger partial charge in [-0.1, -0.05) is 6.92 Å². The van der Waals surface area contributed by atoms with Crippen LogP contribution in [0.3, 0.4) is 0 Å². The van der Waals surface area contributed by atoms with Crippen LogP contribution in [0, 0.1) is 5.92 Å². The molecule has 3 aromatic rings. The summed E-state index contributed by atoms with van der Waals surface area (Å²) < 4.78 is 5.28. The Balaban J connectivity index is 1.69. The monoisotopic (exact) mass is 340 g/mol. The minimum atomic E-state index is 0.145. The normalized spacial score (nSPS) is 16.0. The van der Waals surface area contributed by atoms with Gasteiger partial charge in [0, 0.05) is 23.9 Å². The molecule has 0 saturated carbocycles. The van der Waals surface area contributed by atoms with Crippen molar-refractivity contribution in [3.63, 3.8) is 0 Å². The number of fused-ring (bicyclic) bond motifs is 2. The Morgan fingerprint density at radius 3 is 2.75 bits per heavy atom. The van der Waals surface area contributed by atoms with Gasteiger partial charge in [0.25, 0.3) is 5.91 Å². The molecule has 0 atom stereocenters. The van der Waals surface area contributed by atoms with Crippen molar-refractivity contribution in [2.45, 2.75) is 19.8 Å². The summed E-state index contributed by atoms with van der Waals surface area (Å²) in [5, 5.41) is 2.06. The van der Waals surface area contributed by atoms with Gasteiger partial charge >= 0.3 is 0 Å². The third kappa shape index (κ3) is 2.73. The number of hydrogen-bond donors (Lipinski definition) is 0. The van der Waals surface area contributed by atoms with Gasteiger partial charge in [-0.25, -0.2) is 4.98 Å². The fourth-order valence-corrected chi connectivity index (χ4v) is 4.20. The molecular weight excluding hydrogens is 320 g/mol. The average molecular weight is 340 g/mol. The minimum absolute atomic E-state index is 0.145. The summed E-state index contributed by atoms with van der Waals surface area (Å²) in [4.78, 5) is 21.1. The summed E-state index contributed by atoms with van der Waals surface area (Å²) in [6.45, 7) is 3.98. The van der Waals surface area contributed by atoms with E-state index in [-0.39, 0.29) is 5.91 Å². The molecule has 1 aromatic carbocycles. The van der Waals surface area contributed by atoms with E-state index in [0.29, 0.717) is 0 Å². The molecule has 4 rings (SSSR count). The molecule has 0 bridgehead atoms. The first-order valence-electron chi connectivity index (χ1n) is 8.31. The SMILES string of the molecule is COc1ccc2nc3sc(C(=O)N4CCC(C)CC4)cc3cc2c1. The number of amides is 1. The minimum Gasteiger partial charge on any atom is -0.497 e. The lowest BCUT2D eigenvalue weighted by Crippen LogP contribution is -2.37. The zero-order chi connectivity index (χ0) is 16.7. The van der Waals surface area contributed by atoms with Gasteiger partial charge < -0.3 is 9.64 Å². The van der Waals surface area contributed by atoms with E-state index in [2.05, 4.69) is 13.0 Å². The van der Waals surface area contributed by atoms with E-state index < -0.39 is 0 Å². The van der Waals surface area contributed by atoms with Gasteiger partial charge in [0.2, 0.25) is 0 Å². The second-order valence-electron chi connectivity index (χ2n) is 6.53. The zero-order valence-corrected chi connectivity index (χ0v) is 14.7.